The molecule has 0 aliphatic heterocycles. The Morgan fingerprint density at radius 3 is 2.47 bits per heavy atom. The molecule has 0 heterocycles. The maximum atomic E-state index is 4.29. The smallest absolute Gasteiger partial charge is 0.0546 e. The number of hydrazone groups is 1. The van der Waals surface area contributed by atoms with Gasteiger partial charge >= 0.3 is 0 Å². The summed E-state index contributed by atoms with van der Waals surface area (Å²) in [6.45, 7) is 6.27. The molecule has 0 spiro atoms. The maximum Gasteiger partial charge on any atom is 0.0546 e. The molecule has 0 saturated heterocycles. The van der Waals surface area contributed by atoms with Gasteiger partial charge in [-0.25, -0.2) is 0 Å². The number of rotatable bonds is 2. The fourth-order valence-corrected chi connectivity index (χ4v) is 1.66. The molecule has 2 aromatic rings. The summed E-state index contributed by atoms with van der Waals surface area (Å²) in [6.07, 6.45) is 1.88. The van der Waals surface area contributed by atoms with Crippen LogP contribution in [0.2, 0.25) is 0 Å². The van der Waals surface area contributed by atoms with E-state index in [0.717, 1.165) is 5.56 Å². The Hall–Kier alpha value is -1.83. The predicted molar refractivity (Wildman–Crippen MR) is 74.4 cm³/mol. The minimum atomic E-state index is 0.00108. The van der Waals surface area contributed by atoms with Crippen molar-refractivity contribution in [2.45, 2.75) is 26.3 Å². The highest BCUT2D eigenvalue weighted by Crippen LogP contribution is 2.16. The lowest BCUT2D eigenvalue weighted by Crippen LogP contribution is -2.31. The van der Waals surface area contributed by atoms with Crippen LogP contribution < -0.4 is 5.43 Å². The van der Waals surface area contributed by atoms with Crippen molar-refractivity contribution in [3.63, 3.8) is 0 Å². The van der Waals surface area contributed by atoms with Gasteiger partial charge in [0.1, 0.15) is 0 Å². The number of nitrogens with zero attached hydrogens (tertiary/aromatic N) is 1. The van der Waals surface area contributed by atoms with Gasteiger partial charge < -0.3 is 5.43 Å². The van der Waals surface area contributed by atoms with Crippen LogP contribution in [0, 0.1) is 0 Å². The largest absolute Gasteiger partial charge is 0.305 e. The maximum absolute atomic E-state index is 4.29. The highest BCUT2D eigenvalue weighted by Gasteiger charge is 2.05. The Balaban J connectivity index is 2.30. The monoisotopic (exact) mass is 226 g/mol. The van der Waals surface area contributed by atoms with Crippen LogP contribution in [0.15, 0.2) is 47.6 Å². The van der Waals surface area contributed by atoms with Crippen molar-refractivity contribution >= 4 is 17.0 Å². The van der Waals surface area contributed by atoms with Gasteiger partial charge in [0.25, 0.3) is 0 Å². The summed E-state index contributed by atoms with van der Waals surface area (Å²) in [5, 5.41) is 6.76. The second-order valence-corrected chi connectivity index (χ2v) is 5.19. The van der Waals surface area contributed by atoms with E-state index in [1.54, 1.807) is 0 Å². The molecule has 0 aromatic heterocycles. The van der Waals surface area contributed by atoms with E-state index < -0.39 is 0 Å². The van der Waals surface area contributed by atoms with Crippen LogP contribution in [0.5, 0.6) is 0 Å². The second kappa shape index (κ2) is 4.58. The average molecular weight is 226 g/mol. The molecule has 0 amide bonds. The van der Waals surface area contributed by atoms with Gasteiger partial charge in [-0.2, -0.15) is 5.10 Å². The lowest BCUT2D eigenvalue weighted by atomic mass is 10.1. The number of hydrogen-bond donors (Lipinski definition) is 1. The summed E-state index contributed by atoms with van der Waals surface area (Å²) in [5.74, 6) is 0. The van der Waals surface area contributed by atoms with Crippen LogP contribution in [0.4, 0.5) is 0 Å². The van der Waals surface area contributed by atoms with Crippen LogP contribution >= 0.6 is 0 Å². The Morgan fingerprint density at radius 1 is 1.00 bits per heavy atom. The van der Waals surface area contributed by atoms with Crippen LogP contribution in [0.3, 0.4) is 0 Å². The topological polar surface area (TPSA) is 24.4 Å². The molecular formula is C15H18N2. The van der Waals surface area contributed by atoms with Crippen LogP contribution in [0.25, 0.3) is 10.8 Å². The van der Waals surface area contributed by atoms with Gasteiger partial charge in [-0.15, -0.1) is 0 Å². The van der Waals surface area contributed by atoms with Crippen molar-refractivity contribution < 1.29 is 0 Å². The van der Waals surface area contributed by atoms with Crippen molar-refractivity contribution in [3.8, 4) is 0 Å². The van der Waals surface area contributed by atoms with Crippen molar-refractivity contribution in [1.29, 1.82) is 0 Å². The van der Waals surface area contributed by atoms with E-state index in [-0.39, 0.29) is 5.54 Å². The SMILES string of the molecule is CC(C)(C)NN=Cc1cccc2ccccc12. The summed E-state index contributed by atoms with van der Waals surface area (Å²) in [7, 11) is 0. The predicted octanol–water partition coefficient (Wildman–Crippen LogP) is 3.56. The molecule has 0 atom stereocenters. The summed E-state index contributed by atoms with van der Waals surface area (Å²) < 4.78 is 0. The van der Waals surface area contributed by atoms with Gasteiger partial charge in [0.2, 0.25) is 0 Å². The molecule has 2 heteroatoms. The van der Waals surface area contributed by atoms with Crippen molar-refractivity contribution in [3.05, 3.63) is 48.0 Å². The lowest BCUT2D eigenvalue weighted by Gasteiger charge is -2.17. The summed E-state index contributed by atoms with van der Waals surface area (Å²) in [5.41, 5.74) is 4.24. The summed E-state index contributed by atoms with van der Waals surface area (Å²) in [4.78, 5) is 0. The van der Waals surface area contributed by atoms with Crippen LogP contribution in [-0.2, 0) is 0 Å². The third-order valence-electron chi connectivity index (χ3n) is 2.43. The highest BCUT2D eigenvalue weighted by molar-refractivity contribution is 5.99. The van der Waals surface area contributed by atoms with E-state index >= 15 is 0 Å². The Morgan fingerprint density at radius 2 is 1.71 bits per heavy atom. The number of fused-ring (bicyclic) bond motifs is 1. The molecule has 0 unspecified atom stereocenters. The van der Waals surface area contributed by atoms with Gasteiger partial charge in [-0.3, -0.25) is 0 Å². The first kappa shape index (κ1) is 11.6. The summed E-state index contributed by atoms with van der Waals surface area (Å²) >= 11 is 0. The molecule has 0 fully saturated rings. The van der Waals surface area contributed by atoms with E-state index in [1.807, 2.05) is 6.21 Å². The first-order valence-electron chi connectivity index (χ1n) is 5.84. The first-order chi connectivity index (χ1) is 8.06. The molecule has 0 aliphatic carbocycles. The van der Waals surface area contributed by atoms with E-state index in [0.29, 0.717) is 0 Å². The minimum Gasteiger partial charge on any atom is -0.305 e. The molecule has 0 bridgehead atoms. The number of hydrogen-bond acceptors (Lipinski definition) is 2. The zero-order valence-electron chi connectivity index (χ0n) is 10.6. The lowest BCUT2D eigenvalue weighted by molar-refractivity contribution is 0.442. The van der Waals surface area contributed by atoms with Gasteiger partial charge in [0.05, 0.1) is 6.21 Å². The van der Waals surface area contributed by atoms with Crippen LogP contribution in [0.1, 0.15) is 26.3 Å². The molecule has 0 aliphatic rings. The van der Waals surface area contributed by atoms with Gasteiger partial charge in [-0.05, 0) is 31.5 Å². The molecule has 0 saturated carbocycles. The minimum absolute atomic E-state index is 0.00108. The van der Waals surface area contributed by atoms with E-state index in [4.69, 9.17) is 0 Å². The van der Waals surface area contributed by atoms with Gasteiger partial charge in [0.15, 0.2) is 0 Å². The van der Waals surface area contributed by atoms with Gasteiger partial charge in [0, 0.05) is 11.1 Å². The third-order valence-corrected chi connectivity index (χ3v) is 2.43. The first-order valence-corrected chi connectivity index (χ1v) is 5.84. The normalized spacial score (nSPS) is 12.2. The van der Waals surface area contributed by atoms with E-state index in [1.165, 1.54) is 10.8 Å². The van der Waals surface area contributed by atoms with Crippen molar-refractivity contribution in [2.75, 3.05) is 0 Å². The molecule has 17 heavy (non-hydrogen) atoms. The zero-order valence-corrected chi connectivity index (χ0v) is 10.6. The molecule has 2 nitrogen and oxygen atoms in total. The standard InChI is InChI=1S/C15H18N2/c1-15(2,3)17-16-11-13-9-6-8-12-7-4-5-10-14(12)13/h4-11,17H,1-3H3. The molecule has 0 radical (unpaired) electrons. The molecule has 2 aromatic carbocycles. The molecule has 1 N–H and O–H groups in total. The zero-order chi connectivity index (χ0) is 12.3. The van der Waals surface area contributed by atoms with E-state index in [9.17, 15) is 0 Å². The van der Waals surface area contributed by atoms with E-state index in [2.05, 4.69) is 73.8 Å². The highest BCUT2D eigenvalue weighted by atomic mass is 15.3. The fourth-order valence-electron chi connectivity index (χ4n) is 1.66. The molecular weight excluding hydrogens is 208 g/mol. The van der Waals surface area contributed by atoms with Crippen molar-refractivity contribution in [2.24, 2.45) is 5.10 Å². The van der Waals surface area contributed by atoms with Crippen molar-refractivity contribution in [1.82, 2.24) is 5.43 Å². The second-order valence-electron chi connectivity index (χ2n) is 5.19. The Bertz CT molecular complexity index is 531. The molecule has 2 rings (SSSR count). The number of nitrogens with one attached hydrogen (secondary N) is 1. The van der Waals surface area contributed by atoms with Crippen LogP contribution in [-0.4, -0.2) is 11.8 Å². The average Bonchev–Trinajstić information content (AvgIpc) is 2.28. The summed E-state index contributed by atoms with van der Waals surface area (Å²) in [6, 6.07) is 14.6. The quantitative estimate of drug-likeness (QED) is 0.614. The number of benzene rings is 2. The Labute approximate surface area is 102 Å². The van der Waals surface area contributed by atoms with Gasteiger partial charge in [-0.1, -0.05) is 42.5 Å². The molecule has 88 valence electrons. The fraction of sp³-hybridized carbons (Fsp3) is 0.267. The third kappa shape index (κ3) is 3.06. The Kier molecular flexibility index (Phi) is 3.14.